The van der Waals surface area contributed by atoms with Crippen LogP contribution in [0.2, 0.25) is 0 Å². The molecule has 2 aliphatic heterocycles. The second kappa shape index (κ2) is 8.16. The van der Waals surface area contributed by atoms with Crippen LogP contribution in [0.15, 0.2) is 62.3 Å². The summed E-state index contributed by atoms with van der Waals surface area (Å²) in [5, 5.41) is 11.8. The highest BCUT2D eigenvalue weighted by Gasteiger charge is 2.38. The van der Waals surface area contributed by atoms with E-state index in [4.69, 9.17) is 0 Å². The van der Waals surface area contributed by atoms with Gasteiger partial charge in [0, 0.05) is 18.5 Å². The number of fused-ring (bicyclic) bond motifs is 1. The van der Waals surface area contributed by atoms with Crippen molar-refractivity contribution in [3.05, 3.63) is 58.0 Å². The molecule has 5 nitrogen and oxygen atoms in total. The number of amidine groups is 1. The quantitative estimate of drug-likeness (QED) is 0.658. The number of anilines is 1. The van der Waals surface area contributed by atoms with E-state index in [1.54, 1.807) is 28.8 Å². The maximum Gasteiger partial charge on any atom is 0.269 e. The van der Waals surface area contributed by atoms with Crippen LogP contribution in [0.1, 0.15) is 25.3 Å². The molecule has 1 amide bonds. The molecule has 29 heavy (non-hydrogen) atoms. The number of hydrogen-bond donors (Lipinski definition) is 1. The van der Waals surface area contributed by atoms with Crippen molar-refractivity contribution in [3.63, 3.8) is 0 Å². The third-order valence-corrected chi connectivity index (χ3v) is 7.31. The largest absolute Gasteiger partial charge is 0.506 e. The first-order valence-corrected chi connectivity index (χ1v) is 11.3. The van der Waals surface area contributed by atoms with Crippen molar-refractivity contribution in [2.24, 2.45) is 4.99 Å². The molecular weight excluding hydrogens is 402 g/mol. The normalized spacial score (nSPS) is 20.1. The van der Waals surface area contributed by atoms with Gasteiger partial charge in [0.15, 0.2) is 5.17 Å². The van der Waals surface area contributed by atoms with E-state index < -0.39 is 0 Å². The van der Waals surface area contributed by atoms with Crippen molar-refractivity contribution in [1.29, 1.82) is 0 Å². The van der Waals surface area contributed by atoms with Gasteiger partial charge >= 0.3 is 0 Å². The molecule has 1 saturated heterocycles. The predicted molar refractivity (Wildman–Crippen MR) is 122 cm³/mol. The molecule has 0 aromatic heterocycles. The molecular formula is C22H23N3O2S2. The number of aromatic hydroxyl groups is 1. The third-order valence-electron chi connectivity index (χ3n) is 4.88. The highest BCUT2D eigenvalue weighted by molar-refractivity contribution is 8.19. The van der Waals surface area contributed by atoms with Gasteiger partial charge in [-0.3, -0.25) is 9.69 Å². The fraction of sp³-hybridized carbons (Fsp3) is 0.273. The number of benzene rings is 2. The average molecular weight is 426 g/mol. The van der Waals surface area contributed by atoms with Crippen molar-refractivity contribution >= 4 is 46.0 Å². The van der Waals surface area contributed by atoms with E-state index in [9.17, 15) is 9.90 Å². The summed E-state index contributed by atoms with van der Waals surface area (Å²) in [4.78, 5) is 23.6. The molecule has 150 valence electrons. The van der Waals surface area contributed by atoms with E-state index in [1.165, 1.54) is 11.8 Å². The van der Waals surface area contributed by atoms with Gasteiger partial charge in [0.25, 0.3) is 5.91 Å². The molecule has 4 rings (SSSR count). The molecule has 0 aliphatic carbocycles. The van der Waals surface area contributed by atoms with Gasteiger partial charge in [0.1, 0.15) is 16.3 Å². The van der Waals surface area contributed by atoms with Gasteiger partial charge in [0.2, 0.25) is 0 Å². The Balaban J connectivity index is 1.73. The van der Waals surface area contributed by atoms with Gasteiger partial charge in [-0.05, 0) is 54.9 Å². The SMILES string of the molecule is CCCCN1C(=O)/C(=C2/Sc3ccccc3N2C)SC1=Nc1ccc(C)cc1O. The molecule has 0 spiro atoms. The molecule has 0 radical (unpaired) electrons. The second-order valence-corrected chi connectivity index (χ2v) is 9.07. The van der Waals surface area contributed by atoms with Crippen molar-refractivity contribution in [3.8, 4) is 5.75 Å². The number of unbranched alkanes of at least 4 members (excludes halogenated alkanes) is 1. The summed E-state index contributed by atoms with van der Waals surface area (Å²) in [6.07, 6.45) is 1.89. The van der Waals surface area contributed by atoms with Gasteiger partial charge < -0.3 is 10.0 Å². The number of carbonyl (C=O) groups is 1. The topological polar surface area (TPSA) is 56.1 Å². The van der Waals surface area contributed by atoms with Gasteiger partial charge in [-0.2, -0.15) is 0 Å². The van der Waals surface area contributed by atoms with E-state index >= 15 is 0 Å². The second-order valence-electron chi connectivity index (χ2n) is 7.06. The molecule has 1 fully saturated rings. The Morgan fingerprint density at radius 3 is 2.66 bits per heavy atom. The highest BCUT2D eigenvalue weighted by atomic mass is 32.2. The minimum absolute atomic E-state index is 0.0176. The number of para-hydroxylation sites is 1. The summed E-state index contributed by atoms with van der Waals surface area (Å²) in [5.41, 5.74) is 2.55. The highest BCUT2D eigenvalue weighted by Crippen LogP contribution is 2.50. The molecule has 7 heteroatoms. The van der Waals surface area contributed by atoms with Gasteiger partial charge in [0.05, 0.1) is 10.7 Å². The van der Waals surface area contributed by atoms with Crippen LogP contribution >= 0.6 is 23.5 Å². The molecule has 2 aromatic carbocycles. The van der Waals surface area contributed by atoms with E-state index in [2.05, 4.69) is 28.9 Å². The molecule has 2 aliphatic rings. The lowest BCUT2D eigenvalue weighted by Gasteiger charge is -2.16. The van der Waals surface area contributed by atoms with Crippen LogP contribution in [0.25, 0.3) is 0 Å². The predicted octanol–water partition coefficient (Wildman–Crippen LogP) is 5.47. The first kappa shape index (κ1) is 19.9. The number of thioether (sulfide) groups is 2. The van der Waals surface area contributed by atoms with E-state index in [0.717, 1.165) is 34.0 Å². The minimum atomic E-state index is -0.0176. The van der Waals surface area contributed by atoms with Gasteiger partial charge in [-0.15, -0.1) is 0 Å². The number of phenolic OH excluding ortho intramolecular Hbond substituents is 1. The number of carbonyl (C=O) groups excluding carboxylic acids is 1. The Hall–Kier alpha value is -2.38. The first-order chi connectivity index (χ1) is 14.0. The maximum absolute atomic E-state index is 13.3. The number of amides is 1. The fourth-order valence-corrected chi connectivity index (χ4v) is 5.63. The number of hydrogen-bond acceptors (Lipinski definition) is 6. The number of phenols is 1. The van der Waals surface area contributed by atoms with Crippen molar-refractivity contribution < 1.29 is 9.90 Å². The van der Waals surface area contributed by atoms with Crippen LogP contribution < -0.4 is 4.90 Å². The van der Waals surface area contributed by atoms with Crippen LogP contribution in [0.4, 0.5) is 11.4 Å². The van der Waals surface area contributed by atoms with Crippen LogP contribution in [0.3, 0.4) is 0 Å². The zero-order valence-electron chi connectivity index (χ0n) is 16.7. The standard InChI is InChI=1S/C22H23N3O2S2/c1-4-5-12-25-20(27)19(21-24(3)16-8-6-7-9-18(16)28-21)29-22(25)23-15-11-10-14(2)13-17(15)26/h6-11,13,26H,4-5,12H2,1-3H3/b21-19-,23-22?. The molecule has 1 N–H and O–H groups in total. The molecule has 0 bridgehead atoms. The summed E-state index contributed by atoms with van der Waals surface area (Å²) < 4.78 is 0. The number of nitrogens with zero attached hydrogens (tertiary/aromatic N) is 3. The van der Waals surface area contributed by atoms with Crippen LogP contribution in [0.5, 0.6) is 5.75 Å². The third kappa shape index (κ3) is 3.76. The number of rotatable bonds is 4. The van der Waals surface area contributed by atoms with Gasteiger partial charge in [-0.25, -0.2) is 4.99 Å². The van der Waals surface area contributed by atoms with Crippen molar-refractivity contribution in [2.75, 3.05) is 18.5 Å². The minimum Gasteiger partial charge on any atom is -0.506 e. The lowest BCUT2D eigenvalue weighted by atomic mass is 10.2. The Kier molecular flexibility index (Phi) is 5.61. The summed E-state index contributed by atoms with van der Waals surface area (Å²) in [7, 11) is 1.99. The Morgan fingerprint density at radius 1 is 1.14 bits per heavy atom. The summed E-state index contributed by atoms with van der Waals surface area (Å²) in [6, 6.07) is 13.5. The van der Waals surface area contributed by atoms with E-state index in [0.29, 0.717) is 22.3 Å². The van der Waals surface area contributed by atoms with Crippen molar-refractivity contribution in [1.82, 2.24) is 4.90 Å². The van der Waals surface area contributed by atoms with E-state index in [1.807, 2.05) is 32.2 Å². The maximum atomic E-state index is 13.3. The summed E-state index contributed by atoms with van der Waals surface area (Å²) >= 11 is 3.01. The zero-order chi connectivity index (χ0) is 20.5. The Morgan fingerprint density at radius 2 is 1.93 bits per heavy atom. The Labute approximate surface area is 179 Å². The lowest BCUT2D eigenvalue weighted by Crippen LogP contribution is -2.30. The zero-order valence-corrected chi connectivity index (χ0v) is 18.3. The number of aryl methyl sites for hydroxylation is 1. The van der Waals surface area contributed by atoms with Crippen LogP contribution in [-0.4, -0.2) is 34.7 Å². The lowest BCUT2D eigenvalue weighted by molar-refractivity contribution is -0.122. The molecule has 0 atom stereocenters. The Bertz CT molecular complexity index is 1030. The first-order valence-electron chi connectivity index (χ1n) is 9.62. The van der Waals surface area contributed by atoms with Gasteiger partial charge in [-0.1, -0.05) is 43.3 Å². The molecule has 2 heterocycles. The molecule has 2 aromatic rings. The van der Waals surface area contributed by atoms with Crippen LogP contribution in [-0.2, 0) is 4.79 Å². The molecule has 0 saturated carbocycles. The monoisotopic (exact) mass is 425 g/mol. The van der Waals surface area contributed by atoms with E-state index in [-0.39, 0.29) is 11.7 Å². The fourth-order valence-electron chi connectivity index (χ4n) is 3.26. The van der Waals surface area contributed by atoms with Crippen molar-refractivity contribution in [2.45, 2.75) is 31.6 Å². The van der Waals surface area contributed by atoms with Crippen LogP contribution in [0, 0.1) is 6.92 Å². The average Bonchev–Trinajstić information content (AvgIpc) is 3.19. The molecule has 0 unspecified atom stereocenters. The number of aliphatic imine (C=N–C) groups is 1. The summed E-state index contributed by atoms with van der Waals surface area (Å²) in [5.74, 6) is 0.109. The smallest absolute Gasteiger partial charge is 0.269 e. The summed E-state index contributed by atoms with van der Waals surface area (Å²) in [6.45, 7) is 4.64.